The summed E-state index contributed by atoms with van der Waals surface area (Å²) in [6.07, 6.45) is 3.55. The van der Waals surface area contributed by atoms with Crippen LogP contribution in [-0.4, -0.2) is 11.8 Å². The van der Waals surface area contributed by atoms with Crippen LogP contribution in [0.5, 0.6) is 11.5 Å². The number of benzene rings is 3. The van der Waals surface area contributed by atoms with Crippen molar-refractivity contribution in [2.24, 2.45) is 0 Å². The number of carbonyl (C=O) groups excluding carboxylic acids is 2. The van der Waals surface area contributed by atoms with Crippen molar-refractivity contribution in [3.05, 3.63) is 82.9 Å². The molecule has 3 aromatic carbocycles. The number of rotatable bonds is 3. The van der Waals surface area contributed by atoms with E-state index in [2.05, 4.69) is 10.6 Å². The van der Waals surface area contributed by atoms with E-state index in [1.54, 1.807) is 30.3 Å². The van der Waals surface area contributed by atoms with Crippen LogP contribution in [0.25, 0.3) is 0 Å². The van der Waals surface area contributed by atoms with Gasteiger partial charge in [0.15, 0.2) is 5.75 Å². The number of hydrogen-bond donors (Lipinski definition) is 2. The Morgan fingerprint density at radius 3 is 2.48 bits per heavy atom. The molecular formula is C25H21ClN2O3. The lowest BCUT2D eigenvalue weighted by atomic mass is 9.78. The van der Waals surface area contributed by atoms with E-state index in [1.807, 2.05) is 36.4 Å². The normalized spacial score (nSPS) is 16.4. The summed E-state index contributed by atoms with van der Waals surface area (Å²) in [6, 6.07) is 19.9. The third-order valence-electron chi connectivity index (χ3n) is 6.13. The van der Waals surface area contributed by atoms with Gasteiger partial charge in [-0.15, -0.1) is 0 Å². The maximum atomic E-state index is 13.4. The van der Waals surface area contributed by atoms with E-state index in [-0.39, 0.29) is 11.8 Å². The third kappa shape index (κ3) is 3.55. The molecule has 2 aliphatic rings. The van der Waals surface area contributed by atoms with Gasteiger partial charge in [-0.25, -0.2) is 0 Å². The summed E-state index contributed by atoms with van der Waals surface area (Å²) in [6.45, 7) is 0. The maximum Gasteiger partial charge on any atom is 0.259 e. The minimum absolute atomic E-state index is 0.0643. The van der Waals surface area contributed by atoms with Gasteiger partial charge in [-0.05, 0) is 60.9 Å². The van der Waals surface area contributed by atoms with Crippen molar-refractivity contribution in [3.8, 4) is 11.5 Å². The monoisotopic (exact) mass is 432 g/mol. The Hall–Kier alpha value is -3.31. The first-order valence-corrected chi connectivity index (χ1v) is 10.7. The predicted molar refractivity (Wildman–Crippen MR) is 121 cm³/mol. The number of amides is 2. The summed E-state index contributed by atoms with van der Waals surface area (Å²) < 4.78 is 5.92. The number of anilines is 2. The van der Waals surface area contributed by atoms with Gasteiger partial charge in [-0.1, -0.05) is 48.7 Å². The average Bonchev–Trinajstić information content (AvgIpc) is 3.23. The van der Waals surface area contributed by atoms with Crippen molar-refractivity contribution in [1.82, 2.24) is 0 Å². The predicted octanol–water partition coefficient (Wildman–Crippen LogP) is 6.15. The molecule has 0 atom stereocenters. The Balaban J connectivity index is 1.44. The minimum Gasteiger partial charge on any atom is -0.454 e. The first-order chi connectivity index (χ1) is 15.0. The van der Waals surface area contributed by atoms with Crippen LogP contribution in [-0.2, 0) is 10.2 Å². The van der Waals surface area contributed by atoms with E-state index < -0.39 is 5.41 Å². The van der Waals surface area contributed by atoms with Crippen molar-refractivity contribution in [2.75, 3.05) is 10.6 Å². The van der Waals surface area contributed by atoms with Gasteiger partial charge in [-0.2, -0.15) is 0 Å². The zero-order chi connectivity index (χ0) is 21.4. The molecule has 5 rings (SSSR count). The fraction of sp³-hybridized carbons (Fsp3) is 0.200. The van der Waals surface area contributed by atoms with Crippen LogP contribution in [0, 0.1) is 0 Å². The van der Waals surface area contributed by atoms with Crippen molar-refractivity contribution in [1.29, 1.82) is 0 Å². The molecule has 0 saturated heterocycles. The van der Waals surface area contributed by atoms with Crippen molar-refractivity contribution < 1.29 is 14.3 Å². The van der Waals surface area contributed by atoms with Gasteiger partial charge in [0.05, 0.1) is 16.7 Å². The summed E-state index contributed by atoms with van der Waals surface area (Å²) in [7, 11) is 0. The first kappa shape index (κ1) is 19.6. The largest absolute Gasteiger partial charge is 0.454 e. The summed E-state index contributed by atoms with van der Waals surface area (Å²) in [5.41, 5.74) is 1.93. The second kappa shape index (κ2) is 7.75. The van der Waals surface area contributed by atoms with E-state index in [0.29, 0.717) is 33.5 Å². The highest BCUT2D eigenvalue weighted by molar-refractivity contribution is 6.30. The fourth-order valence-electron chi connectivity index (χ4n) is 4.49. The van der Waals surface area contributed by atoms with Gasteiger partial charge >= 0.3 is 0 Å². The second-order valence-electron chi connectivity index (χ2n) is 8.01. The van der Waals surface area contributed by atoms with Crippen LogP contribution in [0.15, 0.2) is 66.7 Å². The standard InChI is InChI=1S/C25H21ClN2O3/c26-17-9-7-16(8-10-17)25(13-3-4-14-25)24(30)27-18-11-12-21-19(15-18)23(29)28-20-5-1-2-6-22(20)31-21/h1-2,5-12,15H,3-4,13-14H2,(H,27,30)(H,28,29). The molecule has 156 valence electrons. The van der Waals surface area contributed by atoms with Crippen molar-refractivity contribution in [2.45, 2.75) is 31.1 Å². The van der Waals surface area contributed by atoms with E-state index in [0.717, 1.165) is 31.2 Å². The summed E-state index contributed by atoms with van der Waals surface area (Å²) >= 11 is 6.05. The molecule has 2 N–H and O–H groups in total. The molecule has 6 heteroatoms. The highest BCUT2D eigenvalue weighted by Crippen LogP contribution is 2.43. The Morgan fingerprint density at radius 1 is 0.968 bits per heavy atom. The summed E-state index contributed by atoms with van der Waals surface area (Å²) in [5.74, 6) is 0.697. The maximum absolute atomic E-state index is 13.4. The lowest BCUT2D eigenvalue weighted by Crippen LogP contribution is -2.38. The number of nitrogens with one attached hydrogen (secondary N) is 2. The second-order valence-corrected chi connectivity index (χ2v) is 8.45. The Bertz CT molecular complexity index is 1170. The number of para-hydroxylation sites is 2. The number of ether oxygens (including phenoxy) is 1. The lowest BCUT2D eigenvalue weighted by molar-refractivity contribution is -0.121. The van der Waals surface area contributed by atoms with Crippen LogP contribution in [0.4, 0.5) is 11.4 Å². The quantitative estimate of drug-likeness (QED) is 0.521. The topological polar surface area (TPSA) is 67.4 Å². The van der Waals surface area contributed by atoms with Crippen LogP contribution >= 0.6 is 11.6 Å². The third-order valence-corrected chi connectivity index (χ3v) is 6.38. The molecule has 0 spiro atoms. The summed E-state index contributed by atoms with van der Waals surface area (Å²) in [5, 5.41) is 6.55. The average molecular weight is 433 g/mol. The highest BCUT2D eigenvalue weighted by atomic mass is 35.5. The molecule has 31 heavy (non-hydrogen) atoms. The number of hydrogen-bond acceptors (Lipinski definition) is 3. The van der Waals surface area contributed by atoms with E-state index in [1.165, 1.54) is 0 Å². The van der Waals surface area contributed by atoms with Crippen molar-refractivity contribution >= 4 is 34.8 Å². The molecule has 1 aliphatic carbocycles. The molecule has 5 nitrogen and oxygen atoms in total. The molecule has 1 fully saturated rings. The molecule has 1 heterocycles. The number of carbonyl (C=O) groups is 2. The molecule has 2 amide bonds. The van der Waals surface area contributed by atoms with Gasteiger partial charge in [0.25, 0.3) is 5.91 Å². The van der Waals surface area contributed by atoms with E-state index in [9.17, 15) is 9.59 Å². The first-order valence-electron chi connectivity index (χ1n) is 10.3. The lowest BCUT2D eigenvalue weighted by Gasteiger charge is -2.28. The van der Waals surface area contributed by atoms with Crippen LogP contribution in [0.2, 0.25) is 5.02 Å². The van der Waals surface area contributed by atoms with Gasteiger partial charge < -0.3 is 15.4 Å². The SMILES string of the molecule is O=C1Nc2ccccc2Oc2ccc(NC(=O)C3(c4ccc(Cl)cc4)CCCC3)cc21. The molecule has 0 unspecified atom stereocenters. The van der Waals surface area contributed by atoms with Gasteiger partial charge in [0.1, 0.15) is 5.75 Å². The highest BCUT2D eigenvalue weighted by Gasteiger charge is 2.42. The van der Waals surface area contributed by atoms with Crippen molar-refractivity contribution in [3.63, 3.8) is 0 Å². The molecule has 3 aromatic rings. The molecule has 1 aliphatic heterocycles. The van der Waals surface area contributed by atoms with Gasteiger partial charge in [0, 0.05) is 10.7 Å². The smallest absolute Gasteiger partial charge is 0.259 e. The number of fused-ring (bicyclic) bond motifs is 2. The fourth-order valence-corrected chi connectivity index (χ4v) is 4.61. The van der Waals surface area contributed by atoms with Crippen LogP contribution < -0.4 is 15.4 Å². The molecule has 0 radical (unpaired) electrons. The van der Waals surface area contributed by atoms with E-state index in [4.69, 9.17) is 16.3 Å². The number of halogens is 1. The Kier molecular flexibility index (Phi) is 4.91. The molecular weight excluding hydrogens is 412 g/mol. The van der Waals surface area contributed by atoms with Crippen LogP contribution in [0.1, 0.15) is 41.6 Å². The molecule has 0 bridgehead atoms. The zero-order valence-electron chi connectivity index (χ0n) is 16.8. The molecule has 0 aromatic heterocycles. The van der Waals surface area contributed by atoms with Gasteiger partial charge in [0.2, 0.25) is 5.91 Å². The van der Waals surface area contributed by atoms with Gasteiger partial charge in [-0.3, -0.25) is 9.59 Å². The molecule has 1 saturated carbocycles. The zero-order valence-corrected chi connectivity index (χ0v) is 17.5. The van der Waals surface area contributed by atoms with Crippen LogP contribution in [0.3, 0.4) is 0 Å². The summed E-state index contributed by atoms with van der Waals surface area (Å²) in [4.78, 5) is 26.2. The minimum atomic E-state index is -0.591. The Morgan fingerprint density at radius 2 is 1.71 bits per heavy atom. The van der Waals surface area contributed by atoms with E-state index >= 15 is 0 Å². The Labute approximate surface area is 185 Å².